The molecule has 28 heavy (non-hydrogen) atoms. The number of rotatable bonds is 6. The van der Waals surface area contributed by atoms with Crippen LogP contribution in [-0.4, -0.2) is 28.1 Å². The van der Waals surface area contributed by atoms with Crippen molar-refractivity contribution in [2.45, 2.75) is 19.8 Å². The summed E-state index contributed by atoms with van der Waals surface area (Å²) in [5.41, 5.74) is 4.33. The summed E-state index contributed by atoms with van der Waals surface area (Å²) in [5, 5.41) is 1.09. The molecule has 2 heterocycles. The second-order valence-corrected chi connectivity index (χ2v) is 7.84. The smallest absolute Gasteiger partial charge is 0.150 e. The Hall–Kier alpha value is -2.66. The van der Waals surface area contributed by atoms with Crippen molar-refractivity contribution in [1.29, 1.82) is 0 Å². The van der Waals surface area contributed by atoms with Gasteiger partial charge >= 0.3 is 0 Å². The summed E-state index contributed by atoms with van der Waals surface area (Å²) in [4.78, 5) is 11.6. The summed E-state index contributed by atoms with van der Waals surface area (Å²) in [6.07, 6.45) is 6.14. The Morgan fingerprint density at radius 3 is 2.46 bits per heavy atom. The van der Waals surface area contributed by atoms with Gasteiger partial charge in [-0.1, -0.05) is 59.6 Å². The maximum Gasteiger partial charge on any atom is 0.150 e. The van der Waals surface area contributed by atoms with Crippen molar-refractivity contribution in [3.63, 3.8) is 0 Å². The number of aromatic nitrogens is 3. The molecule has 5 heteroatoms. The highest BCUT2D eigenvalue weighted by Crippen LogP contribution is 2.36. The highest BCUT2D eigenvalue weighted by molar-refractivity contribution is 9.10. The minimum atomic E-state index is 0.925. The first-order valence-electron chi connectivity index (χ1n) is 9.57. The van der Waals surface area contributed by atoms with E-state index in [-0.39, 0.29) is 0 Å². The van der Waals surface area contributed by atoms with E-state index in [1.807, 2.05) is 6.07 Å². The number of fused-ring (bicyclic) bond motifs is 1. The lowest BCUT2D eigenvalue weighted by atomic mass is 10.1. The SMILES string of the molecule is CCCCN(C)c1ncnc2c1c(-c1ccccc1)cn2-c1ccc(Br)cc1. The Morgan fingerprint density at radius 1 is 1.00 bits per heavy atom. The zero-order valence-corrected chi connectivity index (χ0v) is 17.7. The van der Waals surface area contributed by atoms with Crippen molar-refractivity contribution >= 4 is 32.8 Å². The number of unbranched alkanes of at least 4 members (excludes halogenated alkanes) is 1. The van der Waals surface area contributed by atoms with Crippen molar-refractivity contribution in [3.8, 4) is 16.8 Å². The fourth-order valence-corrected chi connectivity index (χ4v) is 3.74. The Labute approximate surface area is 174 Å². The Bertz CT molecular complexity index is 1070. The summed E-state index contributed by atoms with van der Waals surface area (Å²) in [6, 6.07) is 18.8. The molecular formula is C23H23BrN4. The summed E-state index contributed by atoms with van der Waals surface area (Å²) in [7, 11) is 2.11. The van der Waals surface area contributed by atoms with E-state index in [0.717, 1.165) is 52.0 Å². The molecule has 0 amide bonds. The molecular weight excluding hydrogens is 412 g/mol. The summed E-state index contributed by atoms with van der Waals surface area (Å²) in [5.74, 6) is 0.980. The van der Waals surface area contributed by atoms with Crippen LogP contribution in [0, 0.1) is 0 Å². The number of halogens is 1. The van der Waals surface area contributed by atoms with Crippen LogP contribution in [0.2, 0.25) is 0 Å². The van der Waals surface area contributed by atoms with Crippen molar-refractivity contribution in [2.24, 2.45) is 0 Å². The largest absolute Gasteiger partial charge is 0.359 e. The lowest BCUT2D eigenvalue weighted by Crippen LogP contribution is -2.20. The molecule has 2 aromatic carbocycles. The third-order valence-corrected chi connectivity index (χ3v) is 5.49. The molecule has 0 atom stereocenters. The van der Waals surface area contributed by atoms with Crippen molar-refractivity contribution in [1.82, 2.24) is 14.5 Å². The van der Waals surface area contributed by atoms with Gasteiger partial charge in [0.15, 0.2) is 5.65 Å². The van der Waals surface area contributed by atoms with Gasteiger partial charge in [0.05, 0.1) is 5.39 Å². The predicted molar refractivity (Wildman–Crippen MR) is 120 cm³/mol. The fourth-order valence-electron chi connectivity index (χ4n) is 3.47. The normalized spacial score (nSPS) is 11.1. The molecule has 0 saturated heterocycles. The van der Waals surface area contributed by atoms with E-state index in [1.54, 1.807) is 6.33 Å². The molecule has 0 aliphatic carbocycles. The van der Waals surface area contributed by atoms with Crippen LogP contribution in [0.4, 0.5) is 5.82 Å². The zero-order chi connectivity index (χ0) is 19.5. The molecule has 4 rings (SSSR count). The highest BCUT2D eigenvalue weighted by atomic mass is 79.9. The standard InChI is InChI=1S/C23H23BrN4/c1-3-4-14-27(2)22-21-20(17-8-6-5-7-9-17)15-28(23(21)26-16-25-22)19-12-10-18(24)11-13-19/h5-13,15-16H,3-4,14H2,1-2H3. The number of nitrogens with zero attached hydrogens (tertiary/aromatic N) is 4. The minimum Gasteiger partial charge on any atom is -0.359 e. The van der Waals surface area contributed by atoms with Crippen LogP contribution in [0.15, 0.2) is 71.6 Å². The monoisotopic (exact) mass is 434 g/mol. The van der Waals surface area contributed by atoms with Crippen LogP contribution in [0.1, 0.15) is 19.8 Å². The van der Waals surface area contributed by atoms with Crippen LogP contribution in [0.5, 0.6) is 0 Å². The van der Waals surface area contributed by atoms with E-state index >= 15 is 0 Å². The molecule has 0 unspecified atom stereocenters. The van der Waals surface area contributed by atoms with Gasteiger partial charge in [0.25, 0.3) is 0 Å². The van der Waals surface area contributed by atoms with E-state index in [0.29, 0.717) is 0 Å². The first kappa shape index (κ1) is 18.7. The molecule has 2 aromatic heterocycles. The van der Waals surface area contributed by atoms with Gasteiger partial charge in [-0.05, 0) is 36.2 Å². The van der Waals surface area contributed by atoms with Gasteiger partial charge in [-0.2, -0.15) is 0 Å². The Balaban J connectivity index is 1.96. The third kappa shape index (κ3) is 3.54. The van der Waals surface area contributed by atoms with E-state index in [1.165, 1.54) is 5.56 Å². The van der Waals surface area contributed by atoms with E-state index < -0.39 is 0 Å². The minimum absolute atomic E-state index is 0.925. The number of hydrogen-bond acceptors (Lipinski definition) is 3. The molecule has 0 aliphatic rings. The van der Waals surface area contributed by atoms with E-state index in [9.17, 15) is 0 Å². The van der Waals surface area contributed by atoms with Crippen molar-refractivity contribution in [2.75, 3.05) is 18.5 Å². The molecule has 4 aromatic rings. The van der Waals surface area contributed by atoms with Gasteiger partial charge in [0.2, 0.25) is 0 Å². The first-order valence-corrected chi connectivity index (χ1v) is 10.4. The fraction of sp³-hybridized carbons (Fsp3) is 0.217. The summed E-state index contributed by atoms with van der Waals surface area (Å²) >= 11 is 3.52. The molecule has 4 nitrogen and oxygen atoms in total. The summed E-state index contributed by atoms with van der Waals surface area (Å²) in [6.45, 7) is 3.18. The molecule has 0 aliphatic heterocycles. The van der Waals surface area contributed by atoms with Crippen LogP contribution in [-0.2, 0) is 0 Å². The third-order valence-electron chi connectivity index (χ3n) is 4.96. The number of anilines is 1. The van der Waals surface area contributed by atoms with Crippen LogP contribution < -0.4 is 4.90 Å². The zero-order valence-electron chi connectivity index (χ0n) is 16.1. The van der Waals surface area contributed by atoms with Crippen LogP contribution in [0.3, 0.4) is 0 Å². The number of hydrogen-bond donors (Lipinski definition) is 0. The highest BCUT2D eigenvalue weighted by Gasteiger charge is 2.19. The van der Waals surface area contributed by atoms with Gasteiger partial charge in [0.1, 0.15) is 12.1 Å². The number of benzene rings is 2. The van der Waals surface area contributed by atoms with Crippen molar-refractivity contribution in [3.05, 3.63) is 71.6 Å². The second-order valence-electron chi connectivity index (χ2n) is 6.93. The van der Waals surface area contributed by atoms with E-state index in [2.05, 4.69) is 104 Å². The average molecular weight is 435 g/mol. The molecule has 0 spiro atoms. The molecule has 0 radical (unpaired) electrons. The maximum absolute atomic E-state index is 4.66. The van der Waals surface area contributed by atoms with Crippen molar-refractivity contribution < 1.29 is 0 Å². The van der Waals surface area contributed by atoms with Gasteiger partial charge in [-0.15, -0.1) is 0 Å². The van der Waals surface area contributed by atoms with Gasteiger partial charge in [-0.25, -0.2) is 9.97 Å². The van der Waals surface area contributed by atoms with E-state index in [4.69, 9.17) is 0 Å². The van der Waals surface area contributed by atoms with Crippen LogP contribution in [0.25, 0.3) is 27.8 Å². The second kappa shape index (κ2) is 8.15. The molecule has 0 fully saturated rings. The van der Waals surface area contributed by atoms with Crippen LogP contribution >= 0.6 is 15.9 Å². The lowest BCUT2D eigenvalue weighted by Gasteiger charge is -2.19. The van der Waals surface area contributed by atoms with Gasteiger partial charge < -0.3 is 9.47 Å². The van der Waals surface area contributed by atoms with Gasteiger partial charge in [0, 0.05) is 35.5 Å². The molecule has 0 saturated carbocycles. The van der Waals surface area contributed by atoms with Gasteiger partial charge in [-0.3, -0.25) is 0 Å². The predicted octanol–water partition coefficient (Wildman–Crippen LogP) is 6.09. The molecule has 142 valence electrons. The lowest BCUT2D eigenvalue weighted by molar-refractivity contribution is 0.761. The maximum atomic E-state index is 4.66. The average Bonchev–Trinajstić information content (AvgIpc) is 3.13. The summed E-state index contributed by atoms with van der Waals surface area (Å²) < 4.78 is 3.22. The molecule has 0 N–H and O–H groups in total. The topological polar surface area (TPSA) is 34.0 Å². The Morgan fingerprint density at radius 2 is 1.75 bits per heavy atom. The molecule has 0 bridgehead atoms. The quantitative estimate of drug-likeness (QED) is 0.368. The first-order chi connectivity index (χ1) is 13.7. The Kier molecular flexibility index (Phi) is 5.44.